The van der Waals surface area contributed by atoms with E-state index in [1.54, 1.807) is 18.2 Å². The Morgan fingerprint density at radius 3 is 2.64 bits per heavy atom. The highest BCUT2D eigenvalue weighted by Crippen LogP contribution is 2.27. The molecule has 4 nitrogen and oxygen atoms in total. The van der Waals surface area contributed by atoms with Gasteiger partial charge in [-0.15, -0.1) is 0 Å². The normalized spacial score (nSPS) is 9.36. The summed E-state index contributed by atoms with van der Waals surface area (Å²) < 4.78 is 9.38. The predicted octanol–water partition coefficient (Wildman–Crippen LogP) is 2.53. The molecule has 0 saturated heterocycles. The summed E-state index contributed by atoms with van der Waals surface area (Å²) in [5, 5.41) is 2.91. The first kappa shape index (κ1) is 10.7. The molecule has 0 bridgehead atoms. The van der Waals surface area contributed by atoms with Crippen molar-refractivity contribution in [1.82, 2.24) is 0 Å². The highest BCUT2D eigenvalue weighted by atomic mass is 35.5. The maximum atomic E-state index is 10.8. The monoisotopic (exact) mass is 215 g/mol. The van der Waals surface area contributed by atoms with Crippen molar-refractivity contribution >= 4 is 23.4 Å². The molecule has 0 aliphatic carbocycles. The minimum atomic E-state index is -0.536. The van der Waals surface area contributed by atoms with Crippen LogP contribution in [0.3, 0.4) is 0 Å². The molecule has 1 aromatic rings. The van der Waals surface area contributed by atoms with Crippen molar-refractivity contribution in [3.63, 3.8) is 0 Å². The Morgan fingerprint density at radius 2 is 2.14 bits per heavy atom. The summed E-state index contributed by atoms with van der Waals surface area (Å²) in [6.07, 6.45) is -0.536. The van der Waals surface area contributed by atoms with Crippen LogP contribution in [0.1, 0.15) is 0 Å². The first-order valence-corrected chi connectivity index (χ1v) is 4.23. The molecule has 76 valence electrons. The third-order valence-electron chi connectivity index (χ3n) is 1.58. The summed E-state index contributed by atoms with van der Waals surface area (Å²) in [4.78, 5) is 10.8. The number of carbonyl (C=O) groups excluding carboxylic acids is 1. The summed E-state index contributed by atoms with van der Waals surface area (Å²) in [6, 6.07) is 4.91. The van der Waals surface area contributed by atoms with E-state index in [1.807, 2.05) is 0 Å². The maximum Gasteiger partial charge on any atom is 0.411 e. The van der Waals surface area contributed by atoms with Gasteiger partial charge in [0.25, 0.3) is 0 Å². The van der Waals surface area contributed by atoms with Crippen molar-refractivity contribution in [3.8, 4) is 5.75 Å². The van der Waals surface area contributed by atoms with E-state index in [4.69, 9.17) is 16.3 Å². The molecule has 1 rings (SSSR count). The molecule has 5 heteroatoms. The number of carbonyl (C=O) groups is 1. The number of amides is 1. The molecule has 0 fully saturated rings. The van der Waals surface area contributed by atoms with Crippen LogP contribution in [0.25, 0.3) is 0 Å². The lowest BCUT2D eigenvalue weighted by Crippen LogP contribution is -2.10. The van der Waals surface area contributed by atoms with Crippen LogP contribution < -0.4 is 10.1 Å². The molecule has 1 amide bonds. The predicted molar refractivity (Wildman–Crippen MR) is 54.0 cm³/mol. The van der Waals surface area contributed by atoms with Gasteiger partial charge in [-0.25, -0.2) is 4.79 Å². The Hall–Kier alpha value is -1.42. The van der Waals surface area contributed by atoms with Gasteiger partial charge < -0.3 is 9.47 Å². The molecule has 1 N–H and O–H groups in total. The quantitative estimate of drug-likeness (QED) is 0.825. The number of nitrogens with one attached hydrogen (secondary N) is 1. The Labute approximate surface area is 86.8 Å². The van der Waals surface area contributed by atoms with E-state index in [1.165, 1.54) is 14.2 Å². The number of anilines is 1. The molecular formula is C9H10ClNO3. The van der Waals surface area contributed by atoms with E-state index in [0.717, 1.165) is 0 Å². The minimum Gasteiger partial charge on any atom is -0.495 e. The number of hydrogen-bond acceptors (Lipinski definition) is 3. The van der Waals surface area contributed by atoms with Gasteiger partial charge in [0.15, 0.2) is 0 Å². The zero-order valence-electron chi connectivity index (χ0n) is 7.83. The molecule has 0 spiro atoms. The first-order chi connectivity index (χ1) is 6.67. The number of benzene rings is 1. The highest BCUT2D eigenvalue weighted by molar-refractivity contribution is 6.32. The standard InChI is InChI=1S/C9H10ClNO3/c1-13-8-4-3-6(5-7(8)10)11-9(12)14-2/h3-5H,1-2H3,(H,11,12). The van der Waals surface area contributed by atoms with Gasteiger partial charge in [-0.3, -0.25) is 5.32 Å². The van der Waals surface area contributed by atoms with Crippen molar-refractivity contribution in [2.45, 2.75) is 0 Å². The van der Waals surface area contributed by atoms with Crippen LogP contribution in [0.2, 0.25) is 5.02 Å². The molecule has 0 unspecified atom stereocenters. The number of methoxy groups -OCH3 is 2. The fraction of sp³-hybridized carbons (Fsp3) is 0.222. The first-order valence-electron chi connectivity index (χ1n) is 3.86. The second-order valence-electron chi connectivity index (χ2n) is 2.47. The summed E-state index contributed by atoms with van der Waals surface area (Å²) >= 11 is 5.84. The van der Waals surface area contributed by atoms with Crippen LogP contribution in [0, 0.1) is 0 Å². The Morgan fingerprint density at radius 1 is 1.43 bits per heavy atom. The molecular weight excluding hydrogens is 206 g/mol. The smallest absolute Gasteiger partial charge is 0.411 e. The molecule has 0 heterocycles. The van der Waals surface area contributed by atoms with E-state index in [2.05, 4.69) is 10.1 Å². The third-order valence-corrected chi connectivity index (χ3v) is 1.88. The Bertz CT molecular complexity index is 341. The molecule has 0 saturated carbocycles. The lowest BCUT2D eigenvalue weighted by Gasteiger charge is -2.06. The van der Waals surface area contributed by atoms with Crippen molar-refractivity contribution in [1.29, 1.82) is 0 Å². The number of hydrogen-bond donors (Lipinski definition) is 1. The largest absolute Gasteiger partial charge is 0.495 e. The van der Waals surface area contributed by atoms with Gasteiger partial charge in [-0.05, 0) is 18.2 Å². The summed E-state index contributed by atoms with van der Waals surface area (Å²) in [5.74, 6) is 0.557. The van der Waals surface area contributed by atoms with E-state index in [9.17, 15) is 4.79 Å². The van der Waals surface area contributed by atoms with Crippen LogP contribution in [0.4, 0.5) is 10.5 Å². The van der Waals surface area contributed by atoms with Gasteiger partial charge in [0.2, 0.25) is 0 Å². The zero-order chi connectivity index (χ0) is 10.6. The molecule has 0 aliphatic heterocycles. The van der Waals surface area contributed by atoms with Crippen molar-refractivity contribution in [2.24, 2.45) is 0 Å². The molecule has 0 aliphatic rings. The van der Waals surface area contributed by atoms with Crippen molar-refractivity contribution in [3.05, 3.63) is 23.2 Å². The minimum absolute atomic E-state index is 0.432. The van der Waals surface area contributed by atoms with Crippen LogP contribution >= 0.6 is 11.6 Å². The number of rotatable bonds is 2. The average Bonchev–Trinajstić information content (AvgIpc) is 2.18. The Kier molecular flexibility index (Phi) is 3.59. The SMILES string of the molecule is COC(=O)Nc1ccc(OC)c(Cl)c1. The molecule has 0 radical (unpaired) electrons. The lowest BCUT2D eigenvalue weighted by atomic mass is 10.3. The van der Waals surface area contributed by atoms with Crippen LogP contribution in [-0.2, 0) is 4.74 Å². The Balaban J connectivity index is 2.81. The third kappa shape index (κ3) is 2.53. The van der Waals surface area contributed by atoms with E-state index in [-0.39, 0.29) is 0 Å². The topological polar surface area (TPSA) is 47.6 Å². The highest BCUT2D eigenvalue weighted by Gasteiger charge is 2.04. The van der Waals surface area contributed by atoms with Gasteiger partial charge >= 0.3 is 6.09 Å². The van der Waals surface area contributed by atoms with Gasteiger partial charge in [-0.1, -0.05) is 11.6 Å². The maximum absolute atomic E-state index is 10.8. The van der Waals surface area contributed by atoms with Crippen LogP contribution in [0.15, 0.2) is 18.2 Å². The number of ether oxygens (including phenoxy) is 2. The van der Waals surface area contributed by atoms with Crippen molar-refractivity contribution in [2.75, 3.05) is 19.5 Å². The van der Waals surface area contributed by atoms with E-state index >= 15 is 0 Å². The van der Waals surface area contributed by atoms with Crippen LogP contribution in [0.5, 0.6) is 5.75 Å². The zero-order valence-corrected chi connectivity index (χ0v) is 8.59. The van der Waals surface area contributed by atoms with E-state index in [0.29, 0.717) is 16.5 Å². The van der Waals surface area contributed by atoms with Gasteiger partial charge in [0.1, 0.15) is 5.75 Å². The van der Waals surface area contributed by atoms with E-state index < -0.39 is 6.09 Å². The number of halogens is 1. The second-order valence-corrected chi connectivity index (χ2v) is 2.87. The fourth-order valence-corrected chi connectivity index (χ4v) is 1.17. The molecule has 1 aromatic carbocycles. The van der Waals surface area contributed by atoms with Gasteiger partial charge in [0.05, 0.1) is 19.2 Å². The van der Waals surface area contributed by atoms with Gasteiger partial charge in [-0.2, -0.15) is 0 Å². The summed E-state index contributed by atoms with van der Waals surface area (Å²) in [6.45, 7) is 0. The fourth-order valence-electron chi connectivity index (χ4n) is 0.913. The van der Waals surface area contributed by atoms with Crippen molar-refractivity contribution < 1.29 is 14.3 Å². The molecule has 14 heavy (non-hydrogen) atoms. The van der Waals surface area contributed by atoms with Crippen LogP contribution in [-0.4, -0.2) is 20.3 Å². The molecule has 0 aromatic heterocycles. The summed E-state index contributed by atoms with van der Waals surface area (Å²) in [7, 11) is 2.81. The lowest BCUT2D eigenvalue weighted by molar-refractivity contribution is 0.187. The summed E-state index contributed by atoms with van der Waals surface area (Å²) in [5.41, 5.74) is 0.558. The van der Waals surface area contributed by atoms with Gasteiger partial charge in [0, 0.05) is 5.69 Å². The average molecular weight is 216 g/mol. The second kappa shape index (κ2) is 4.72. The molecule has 0 atom stereocenters.